The van der Waals surface area contributed by atoms with Crippen LogP contribution >= 0.6 is 0 Å². The second kappa shape index (κ2) is 5.09. The molecule has 5 heteroatoms. The molecule has 2 unspecified atom stereocenters. The number of nitrogens with zero attached hydrogens (tertiary/aromatic N) is 1. The van der Waals surface area contributed by atoms with Crippen molar-refractivity contribution in [3.05, 3.63) is 17.5 Å². The highest BCUT2D eigenvalue weighted by Gasteiger charge is 2.20. The fourth-order valence-corrected chi connectivity index (χ4v) is 1.32. The third-order valence-corrected chi connectivity index (χ3v) is 2.24. The minimum atomic E-state index is -0.859. The summed E-state index contributed by atoms with van der Waals surface area (Å²) in [5.41, 5.74) is 1.45. The van der Waals surface area contributed by atoms with Crippen LogP contribution in [-0.2, 0) is 0 Å². The predicted molar refractivity (Wildman–Crippen MR) is 52.8 cm³/mol. The minimum absolute atomic E-state index is 0.516. The highest BCUT2D eigenvalue weighted by molar-refractivity contribution is 5.18. The van der Waals surface area contributed by atoms with Gasteiger partial charge in [-0.05, 0) is 26.9 Å². The molecule has 0 amide bonds. The van der Waals surface area contributed by atoms with Crippen LogP contribution in [0.5, 0.6) is 0 Å². The van der Waals surface area contributed by atoms with Gasteiger partial charge in [0.05, 0.1) is 12.3 Å². The van der Waals surface area contributed by atoms with Crippen LogP contribution in [0.4, 0.5) is 0 Å². The van der Waals surface area contributed by atoms with E-state index in [1.807, 2.05) is 14.0 Å². The second-order valence-corrected chi connectivity index (χ2v) is 3.35. The summed E-state index contributed by atoms with van der Waals surface area (Å²) in [6.45, 7) is 2.49. The molecule has 2 atom stereocenters. The summed E-state index contributed by atoms with van der Waals surface area (Å²) in [4.78, 5) is 0. The number of hydrogen-bond acceptors (Lipinski definition) is 4. The summed E-state index contributed by atoms with van der Waals surface area (Å²) < 4.78 is 0. The first kappa shape index (κ1) is 11.2. The van der Waals surface area contributed by atoms with Crippen LogP contribution in [-0.4, -0.2) is 40.1 Å². The van der Waals surface area contributed by atoms with Gasteiger partial charge in [0.25, 0.3) is 0 Å². The number of H-pyrrole nitrogens is 1. The van der Waals surface area contributed by atoms with Gasteiger partial charge in [0.1, 0.15) is 6.10 Å². The molecule has 14 heavy (non-hydrogen) atoms. The fraction of sp³-hybridized carbons (Fsp3) is 0.667. The number of aliphatic hydroxyl groups excluding tert-OH is 2. The number of aliphatic hydroxyl groups is 2. The molecule has 0 radical (unpaired) electrons. The average molecular weight is 199 g/mol. The summed E-state index contributed by atoms with van der Waals surface area (Å²) in [6, 6.07) is 0. The van der Waals surface area contributed by atoms with Gasteiger partial charge < -0.3 is 15.5 Å². The Labute approximate surface area is 83.2 Å². The van der Waals surface area contributed by atoms with E-state index in [1.165, 1.54) is 0 Å². The van der Waals surface area contributed by atoms with Crippen molar-refractivity contribution >= 4 is 0 Å². The summed E-state index contributed by atoms with van der Waals surface area (Å²) >= 11 is 0. The van der Waals surface area contributed by atoms with E-state index >= 15 is 0 Å². The quantitative estimate of drug-likeness (QED) is 0.526. The van der Waals surface area contributed by atoms with Crippen LogP contribution in [0.1, 0.15) is 23.8 Å². The fourth-order valence-electron chi connectivity index (χ4n) is 1.32. The zero-order valence-electron chi connectivity index (χ0n) is 8.49. The molecule has 4 N–H and O–H groups in total. The second-order valence-electron chi connectivity index (χ2n) is 3.35. The number of aryl methyl sites for hydroxylation is 1. The highest BCUT2D eigenvalue weighted by atomic mass is 16.3. The Hall–Kier alpha value is -0.910. The SMILES string of the molecule is CNCCC(O)C(O)c1cn[nH]c1C. The van der Waals surface area contributed by atoms with Crippen molar-refractivity contribution < 1.29 is 10.2 Å². The van der Waals surface area contributed by atoms with Gasteiger partial charge in [0.15, 0.2) is 0 Å². The Morgan fingerprint density at radius 3 is 2.79 bits per heavy atom. The lowest BCUT2D eigenvalue weighted by Gasteiger charge is -2.16. The molecule has 0 aliphatic carbocycles. The van der Waals surface area contributed by atoms with Crippen molar-refractivity contribution in [3.8, 4) is 0 Å². The van der Waals surface area contributed by atoms with Crippen molar-refractivity contribution in [2.45, 2.75) is 25.6 Å². The van der Waals surface area contributed by atoms with E-state index in [0.717, 1.165) is 5.69 Å². The molecule has 0 saturated heterocycles. The minimum Gasteiger partial charge on any atom is -0.390 e. The van der Waals surface area contributed by atoms with E-state index < -0.39 is 12.2 Å². The lowest BCUT2D eigenvalue weighted by Crippen LogP contribution is -2.23. The summed E-state index contributed by atoms with van der Waals surface area (Å²) in [6.07, 6.45) is 0.450. The molecule has 0 spiro atoms. The normalized spacial score (nSPS) is 15.4. The van der Waals surface area contributed by atoms with Crippen LogP contribution in [0.15, 0.2) is 6.20 Å². The van der Waals surface area contributed by atoms with Crippen molar-refractivity contribution in [1.29, 1.82) is 0 Å². The van der Waals surface area contributed by atoms with Gasteiger partial charge in [-0.15, -0.1) is 0 Å². The smallest absolute Gasteiger partial charge is 0.108 e. The molecule has 80 valence electrons. The summed E-state index contributed by atoms with van der Waals surface area (Å²) in [5, 5.41) is 28.8. The van der Waals surface area contributed by atoms with Crippen molar-refractivity contribution in [2.24, 2.45) is 0 Å². The Morgan fingerprint density at radius 1 is 1.57 bits per heavy atom. The van der Waals surface area contributed by atoms with E-state index in [4.69, 9.17) is 0 Å². The Morgan fingerprint density at radius 2 is 2.29 bits per heavy atom. The highest BCUT2D eigenvalue weighted by Crippen LogP contribution is 2.20. The van der Waals surface area contributed by atoms with Gasteiger partial charge in [-0.25, -0.2) is 0 Å². The van der Waals surface area contributed by atoms with Gasteiger partial charge in [-0.1, -0.05) is 0 Å². The number of aromatic amines is 1. The van der Waals surface area contributed by atoms with Gasteiger partial charge in [0.2, 0.25) is 0 Å². The van der Waals surface area contributed by atoms with E-state index in [0.29, 0.717) is 18.5 Å². The average Bonchev–Trinajstić information content (AvgIpc) is 2.59. The standard InChI is InChI=1S/C9H17N3O2/c1-6-7(5-11-12-6)9(14)8(13)3-4-10-2/h5,8-10,13-14H,3-4H2,1-2H3,(H,11,12). The lowest BCUT2D eigenvalue weighted by molar-refractivity contribution is 0.0137. The first-order valence-corrected chi connectivity index (χ1v) is 4.67. The summed E-state index contributed by atoms with van der Waals surface area (Å²) in [7, 11) is 1.81. The number of aromatic nitrogens is 2. The summed E-state index contributed by atoms with van der Waals surface area (Å²) in [5.74, 6) is 0. The van der Waals surface area contributed by atoms with E-state index in [2.05, 4.69) is 15.5 Å². The van der Waals surface area contributed by atoms with Crippen LogP contribution in [0.2, 0.25) is 0 Å². The largest absolute Gasteiger partial charge is 0.390 e. The predicted octanol–water partition coefficient (Wildman–Crippen LogP) is -0.278. The van der Waals surface area contributed by atoms with E-state index in [-0.39, 0.29) is 0 Å². The number of rotatable bonds is 5. The molecular formula is C9H17N3O2. The molecule has 1 aromatic rings. The van der Waals surface area contributed by atoms with Crippen LogP contribution in [0.25, 0.3) is 0 Å². The van der Waals surface area contributed by atoms with E-state index in [1.54, 1.807) is 6.20 Å². The monoisotopic (exact) mass is 199 g/mol. The maximum Gasteiger partial charge on any atom is 0.108 e. The molecule has 0 bridgehead atoms. The number of nitrogens with one attached hydrogen (secondary N) is 2. The maximum atomic E-state index is 9.75. The van der Waals surface area contributed by atoms with Crippen LogP contribution < -0.4 is 5.32 Å². The molecule has 0 saturated carbocycles. The first-order valence-electron chi connectivity index (χ1n) is 4.67. The van der Waals surface area contributed by atoms with Crippen molar-refractivity contribution in [2.75, 3.05) is 13.6 Å². The van der Waals surface area contributed by atoms with Gasteiger partial charge in [-0.2, -0.15) is 5.10 Å². The molecule has 0 aliphatic rings. The number of hydrogen-bond donors (Lipinski definition) is 4. The maximum absolute atomic E-state index is 9.75. The third kappa shape index (κ3) is 2.54. The Balaban J connectivity index is 2.56. The topological polar surface area (TPSA) is 81.2 Å². The lowest BCUT2D eigenvalue weighted by atomic mass is 10.0. The molecule has 5 nitrogen and oxygen atoms in total. The van der Waals surface area contributed by atoms with Gasteiger partial charge >= 0.3 is 0 Å². The van der Waals surface area contributed by atoms with Gasteiger partial charge in [-0.3, -0.25) is 5.10 Å². The van der Waals surface area contributed by atoms with Crippen LogP contribution in [0, 0.1) is 6.92 Å². The zero-order chi connectivity index (χ0) is 10.6. The van der Waals surface area contributed by atoms with Crippen LogP contribution in [0.3, 0.4) is 0 Å². The molecule has 1 rings (SSSR count). The molecule has 1 heterocycles. The van der Waals surface area contributed by atoms with E-state index in [9.17, 15) is 10.2 Å². The van der Waals surface area contributed by atoms with Crippen molar-refractivity contribution in [1.82, 2.24) is 15.5 Å². The molecule has 0 fully saturated rings. The third-order valence-electron chi connectivity index (χ3n) is 2.24. The Bertz CT molecular complexity index is 275. The first-order chi connectivity index (χ1) is 6.66. The van der Waals surface area contributed by atoms with Crippen molar-refractivity contribution in [3.63, 3.8) is 0 Å². The Kier molecular flexibility index (Phi) is 4.06. The zero-order valence-corrected chi connectivity index (χ0v) is 8.49. The molecule has 0 aromatic carbocycles. The molecule has 1 aromatic heterocycles. The molecular weight excluding hydrogens is 182 g/mol. The van der Waals surface area contributed by atoms with Gasteiger partial charge in [0, 0.05) is 11.3 Å². The molecule has 0 aliphatic heterocycles.